The third-order valence-electron chi connectivity index (χ3n) is 3.98. The molecule has 4 nitrogen and oxygen atoms in total. The summed E-state index contributed by atoms with van der Waals surface area (Å²) in [5, 5.41) is 19.9. The fraction of sp³-hybridized carbons (Fsp3) is 0.294. The van der Waals surface area contributed by atoms with Crippen LogP contribution in [0.25, 0.3) is 0 Å². The molecular weight excluding hydrogens is 268 g/mol. The van der Waals surface area contributed by atoms with Crippen LogP contribution in [0.15, 0.2) is 30.3 Å². The molecule has 0 bridgehead atoms. The maximum atomic E-state index is 9.99. The van der Waals surface area contributed by atoms with Crippen LogP contribution in [-0.4, -0.2) is 17.3 Å². The molecule has 0 amide bonds. The van der Waals surface area contributed by atoms with Crippen molar-refractivity contribution in [2.24, 2.45) is 0 Å². The van der Waals surface area contributed by atoms with Crippen LogP contribution in [-0.2, 0) is 6.42 Å². The van der Waals surface area contributed by atoms with Gasteiger partial charge in [-0.2, -0.15) is 0 Å². The lowest BCUT2D eigenvalue weighted by Gasteiger charge is -2.28. The molecule has 2 aromatic rings. The predicted octanol–water partition coefficient (Wildman–Crippen LogP) is 3.48. The molecule has 0 fully saturated rings. The summed E-state index contributed by atoms with van der Waals surface area (Å²) in [6.07, 6.45) is 1.31. The Balaban J connectivity index is 2.00. The molecule has 1 aliphatic heterocycles. The van der Waals surface area contributed by atoms with Gasteiger partial charge in [-0.05, 0) is 25.8 Å². The Bertz CT molecular complexity index is 679. The zero-order valence-corrected chi connectivity index (χ0v) is 12.1. The Morgan fingerprint density at radius 2 is 1.95 bits per heavy atom. The highest BCUT2D eigenvalue weighted by Crippen LogP contribution is 2.45. The van der Waals surface area contributed by atoms with Gasteiger partial charge in [0, 0.05) is 22.8 Å². The van der Waals surface area contributed by atoms with Crippen molar-refractivity contribution in [3.8, 4) is 23.0 Å². The summed E-state index contributed by atoms with van der Waals surface area (Å²) < 4.78 is 11.4. The molecule has 0 aromatic heterocycles. The van der Waals surface area contributed by atoms with E-state index in [0.29, 0.717) is 11.5 Å². The Labute approximate surface area is 123 Å². The van der Waals surface area contributed by atoms with E-state index in [1.807, 2.05) is 19.1 Å². The van der Waals surface area contributed by atoms with Crippen LogP contribution < -0.4 is 9.47 Å². The SMILES string of the molecule is COc1c(C)c(O)cc2c1CCC(c1ccccc1O)O2. The van der Waals surface area contributed by atoms with E-state index in [-0.39, 0.29) is 17.6 Å². The number of aromatic hydroxyl groups is 2. The van der Waals surface area contributed by atoms with Crippen LogP contribution in [0.3, 0.4) is 0 Å². The first-order valence-electron chi connectivity index (χ1n) is 6.95. The number of methoxy groups -OCH3 is 1. The molecule has 0 spiro atoms. The number of phenols is 2. The summed E-state index contributed by atoms with van der Waals surface area (Å²) in [5.74, 6) is 1.69. The van der Waals surface area contributed by atoms with E-state index in [9.17, 15) is 10.2 Å². The molecule has 2 aromatic carbocycles. The van der Waals surface area contributed by atoms with Crippen molar-refractivity contribution in [1.29, 1.82) is 0 Å². The lowest BCUT2D eigenvalue weighted by molar-refractivity contribution is 0.170. The number of hydrogen-bond acceptors (Lipinski definition) is 4. The van der Waals surface area contributed by atoms with Gasteiger partial charge in [-0.25, -0.2) is 0 Å². The summed E-state index contributed by atoms with van der Waals surface area (Å²) in [6.45, 7) is 1.82. The van der Waals surface area contributed by atoms with Crippen LogP contribution in [0.5, 0.6) is 23.0 Å². The van der Waals surface area contributed by atoms with E-state index >= 15 is 0 Å². The Kier molecular flexibility index (Phi) is 3.37. The predicted molar refractivity (Wildman–Crippen MR) is 79.2 cm³/mol. The maximum absolute atomic E-state index is 9.99. The van der Waals surface area contributed by atoms with Gasteiger partial charge >= 0.3 is 0 Å². The van der Waals surface area contributed by atoms with Crippen molar-refractivity contribution in [2.75, 3.05) is 7.11 Å². The second-order valence-corrected chi connectivity index (χ2v) is 5.23. The highest BCUT2D eigenvalue weighted by atomic mass is 16.5. The first-order valence-corrected chi connectivity index (χ1v) is 6.95. The minimum Gasteiger partial charge on any atom is -0.508 e. The Morgan fingerprint density at radius 1 is 1.19 bits per heavy atom. The molecule has 1 heterocycles. The number of hydrogen-bond donors (Lipinski definition) is 2. The molecule has 0 saturated carbocycles. The van der Waals surface area contributed by atoms with Crippen LogP contribution in [0.4, 0.5) is 0 Å². The third kappa shape index (κ3) is 2.27. The van der Waals surface area contributed by atoms with Crippen LogP contribution >= 0.6 is 0 Å². The normalized spacial score (nSPS) is 17.0. The van der Waals surface area contributed by atoms with Crippen LogP contribution in [0.2, 0.25) is 0 Å². The molecule has 4 heteroatoms. The number of phenolic OH excluding ortho intramolecular Hbond substituents is 2. The standard InChI is InChI=1S/C17H18O4/c1-10-14(19)9-16-12(17(10)20-2)7-8-15(21-16)11-5-3-4-6-13(11)18/h3-6,9,15,18-19H,7-8H2,1-2H3. The maximum Gasteiger partial charge on any atom is 0.132 e. The molecule has 2 N–H and O–H groups in total. The van der Waals surface area contributed by atoms with Gasteiger partial charge in [0.15, 0.2) is 0 Å². The van der Waals surface area contributed by atoms with Gasteiger partial charge in [-0.3, -0.25) is 0 Å². The molecule has 0 aliphatic carbocycles. The van der Waals surface area contributed by atoms with Gasteiger partial charge in [-0.1, -0.05) is 18.2 Å². The highest BCUT2D eigenvalue weighted by Gasteiger charge is 2.27. The van der Waals surface area contributed by atoms with Crippen molar-refractivity contribution < 1.29 is 19.7 Å². The molecule has 0 saturated heterocycles. The average Bonchev–Trinajstić information content (AvgIpc) is 2.49. The fourth-order valence-corrected chi connectivity index (χ4v) is 2.86. The monoisotopic (exact) mass is 286 g/mol. The molecular formula is C17H18O4. The zero-order chi connectivity index (χ0) is 15.0. The van der Waals surface area contributed by atoms with Gasteiger partial charge in [-0.15, -0.1) is 0 Å². The molecule has 1 atom stereocenters. The second-order valence-electron chi connectivity index (χ2n) is 5.23. The van der Waals surface area contributed by atoms with Crippen LogP contribution in [0.1, 0.15) is 29.2 Å². The smallest absolute Gasteiger partial charge is 0.132 e. The van der Waals surface area contributed by atoms with Gasteiger partial charge in [0.1, 0.15) is 29.1 Å². The van der Waals surface area contributed by atoms with Crippen molar-refractivity contribution >= 4 is 0 Å². The molecule has 1 aliphatic rings. The van der Waals surface area contributed by atoms with Crippen molar-refractivity contribution in [2.45, 2.75) is 25.9 Å². The third-order valence-corrected chi connectivity index (χ3v) is 3.98. The quantitative estimate of drug-likeness (QED) is 0.887. The van der Waals surface area contributed by atoms with Crippen molar-refractivity contribution in [3.63, 3.8) is 0 Å². The summed E-state index contributed by atoms with van der Waals surface area (Å²) in [4.78, 5) is 0. The van der Waals surface area contributed by atoms with E-state index in [2.05, 4.69) is 0 Å². The second kappa shape index (κ2) is 5.20. The number of para-hydroxylation sites is 1. The van der Waals surface area contributed by atoms with E-state index in [1.165, 1.54) is 0 Å². The molecule has 21 heavy (non-hydrogen) atoms. The van der Waals surface area contributed by atoms with Crippen molar-refractivity contribution in [3.05, 3.63) is 47.0 Å². The molecule has 110 valence electrons. The summed E-state index contributed by atoms with van der Waals surface area (Å²) in [5.41, 5.74) is 2.46. The van der Waals surface area contributed by atoms with E-state index in [1.54, 1.807) is 25.3 Å². The largest absolute Gasteiger partial charge is 0.508 e. The lowest BCUT2D eigenvalue weighted by atomic mass is 9.94. The number of ether oxygens (including phenoxy) is 2. The number of benzene rings is 2. The summed E-state index contributed by atoms with van der Waals surface area (Å²) >= 11 is 0. The molecule has 1 unspecified atom stereocenters. The first kappa shape index (κ1) is 13.6. The number of fused-ring (bicyclic) bond motifs is 1. The van der Waals surface area contributed by atoms with Gasteiger partial charge in [0.2, 0.25) is 0 Å². The minimum atomic E-state index is -0.217. The lowest BCUT2D eigenvalue weighted by Crippen LogP contribution is -2.16. The molecule has 3 rings (SSSR count). The first-order chi connectivity index (χ1) is 10.1. The zero-order valence-electron chi connectivity index (χ0n) is 12.1. The van der Waals surface area contributed by atoms with Crippen LogP contribution in [0, 0.1) is 6.92 Å². The topological polar surface area (TPSA) is 58.9 Å². The minimum absolute atomic E-state index is 0.156. The van der Waals surface area contributed by atoms with Crippen molar-refractivity contribution in [1.82, 2.24) is 0 Å². The average molecular weight is 286 g/mol. The molecule has 0 radical (unpaired) electrons. The van der Waals surface area contributed by atoms with Gasteiger partial charge in [0.25, 0.3) is 0 Å². The fourth-order valence-electron chi connectivity index (χ4n) is 2.86. The summed E-state index contributed by atoms with van der Waals surface area (Å²) in [7, 11) is 1.59. The summed E-state index contributed by atoms with van der Waals surface area (Å²) in [6, 6.07) is 8.80. The number of rotatable bonds is 2. The van der Waals surface area contributed by atoms with Gasteiger partial charge in [0.05, 0.1) is 7.11 Å². The van der Waals surface area contributed by atoms with Gasteiger partial charge < -0.3 is 19.7 Å². The highest BCUT2D eigenvalue weighted by molar-refractivity contribution is 5.57. The Hall–Kier alpha value is -2.36. The Morgan fingerprint density at radius 3 is 2.67 bits per heavy atom. The van der Waals surface area contributed by atoms with E-state index in [4.69, 9.17) is 9.47 Å². The van der Waals surface area contributed by atoms with E-state index < -0.39 is 0 Å². The van der Waals surface area contributed by atoms with E-state index in [0.717, 1.165) is 29.5 Å².